The van der Waals surface area contributed by atoms with Crippen LogP contribution in [0.1, 0.15) is 16.1 Å². The van der Waals surface area contributed by atoms with Gasteiger partial charge in [0.1, 0.15) is 5.69 Å². The fourth-order valence-electron chi connectivity index (χ4n) is 1.08. The van der Waals surface area contributed by atoms with Gasteiger partial charge in [-0.15, -0.1) is 0 Å². The third-order valence-corrected chi connectivity index (χ3v) is 1.58. The maximum absolute atomic E-state index is 10.7. The summed E-state index contributed by atoms with van der Waals surface area (Å²) in [6.07, 6.45) is 1.56. The fraction of sp³-hybridized carbons (Fsp3) is 0.429. The van der Waals surface area contributed by atoms with E-state index in [1.165, 1.54) is 4.68 Å². The third kappa shape index (κ3) is 1.45. The molecule has 0 fully saturated rings. The zero-order valence-corrected chi connectivity index (χ0v) is 7.03. The lowest BCUT2D eigenvalue weighted by Gasteiger charge is -1.99. The van der Waals surface area contributed by atoms with E-state index in [0.717, 1.165) is 0 Å². The van der Waals surface area contributed by atoms with Gasteiger partial charge in [0, 0.05) is 19.2 Å². The highest BCUT2D eigenvalue weighted by Gasteiger charge is 2.14. The Bertz CT molecular complexity index is 293. The molecular formula is C7H11N3O2. The summed E-state index contributed by atoms with van der Waals surface area (Å²) in [5.74, 6) is -0.944. The van der Waals surface area contributed by atoms with Gasteiger partial charge in [-0.3, -0.25) is 4.68 Å². The molecule has 2 N–H and O–H groups in total. The second-order valence-corrected chi connectivity index (χ2v) is 2.48. The highest BCUT2D eigenvalue weighted by Crippen LogP contribution is 2.06. The highest BCUT2D eigenvalue weighted by atomic mass is 16.4. The highest BCUT2D eigenvalue weighted by molar-refractivity contribution is 5.87. The number of hydrogen-bond acceptors (Lipinski definition) is 3. The summed E-state index contributed by atoms with van der Waals surface area (Å²) in [6, 6.07) is 0. The summed E-state index contributed by atoms with van der Waals surface area (Å²) >= 11 is 0. The van der Waals surface area contributed by atoms with Crippen molar-refractivity contribution in [3.63, 3.8) is 0 Å². The predicted octanol–water partition coefficient (Wildman–Crippen LogP) is -0.162. The van der Waals surface area contributed by atoms with Crippen LogP contribution in [0.2, 0.25) is 0 Å². The maximum atomic E-state index is 10.7. The second-order valence-electron chi connectivity index (χ2n) is 2.48. The van der Waals surface area contributed by atoms with E-state index in [1.807, 2.05) is 0 Å². The molecule has 0 amide bonds. The molecule has 5 nitrogen and oxygen atoms in total. The smallest absolute Gasteiger partial charge is 0.354 e. The first-order valence-electron chi connectivity index (χ1n) is 3.55. The Morgan fingerprint density at radius 2 is 2.50 bits per heavy atom. The van der Waals surface area contributed by atoms with E-state index in [1.54, 1.807) is 20.3 Å². The van der Waals surface area contributed by atoms with Gasteiger partial charge in [-0.25, -0.2) is 4.79 Å². The van der Waals surface area contributed by atoms with Gasteiger partial charge in [-0.1, -0.05) is 0 Å². The Labute approximate surface area is 70.0 Å². The van der Waals surface area contributed by atoms with Gasteiger partial charge in [-0.05, 0) is 7.05 Å². The van der Waals surface area contributed by atoms with Crippen LogP contribution in [0, 0.1) is 0 Å². The molecule has 0 aromatic carbocycles. The molecule has 0 bridgehead atoms. The predicted molar refractivity (Wildman–Crippen MR) is 42.9 cm³/mol. The number of nitrogens with zero attached hydrogens (tertiary/aromatic N) is 2. The maximum Gasteiger partial charge on any atom is 0.354 e. The summed E-state index contributed by atoms with van der Waals surface area (Å²) in [5.41, 5.74) is 0.942. The van der Waals surface area contributed by atoms with Crippen molar-refractivity contribution in [2.75, 3.05) is 7.05 Å². The quantitative estimate of drug-likeness (QED) is 0.659. The van der Waals surface area contributed by atoms with Gasteiger partial charge in [0.25, 0.3) is 0 Å². The molecule has 0 atom stereocenters. The molecule has 0 aliphatic rings. The first-order valence-corrected chi connectivity index (χ1v) is 3.55. The van der Waals surface area contributed by atoms with Gasteiger partial charge in [0.05, 0.1) is 6.20 Å². The number of carbonyl (C=O) groups is 1. The van der Waals surface area contributed by atoms with E-state index in [-0.39, 0.29) is 5.69 Å². The molecule has 0 aliphatic heterocycles. The first-order chi connectivity index (χ1) is 5.66. The largest absolute Gasteiger partial charge is 0.477 e. The number of rotatable bonds is 3. The average molecular weight is 169 g/mol. The van der Waals surface area contributed by atoms with Crippen LogP contribution < -0.4 is 5.32 Å². The monoisotopic (exact) mass is 169 g/mol. The second kappa shape index (κ2) is 3.36. The topological polar surface area (TPSA) is 67.2 Å². The standard InChI is InChI=1S/C7H11N3O2/c1-8-3-5-4-9-10(2)6(5)7(11)12/h4,8H,3H2,1-2H3,(H,11,12). The molecular weight excluding hydrogens is 158 g/mol. The number of aromatic nitrogens is 2. The Balaban J connectivity index is 3.04. The minimum absolute atomic E-state index is 0.240. The molecule has 1 rings (SSSR count). The van der Waals surface area contributed by atoms with Crippen molar-refractivity contribution >= 4 is 5.97 Å². The molecule has 1 heterocycles. The van der Waals surface area contributed by atoms with Crippen LogP contribution >= 0.6 is 0 Å². The van der Waals surface area contributed by atoms with Crippen molar-refractivity contribution < 1.29 is 9.90 Å². The number of carboxylic acids is 1. The van der Waals surface area contributed by atoms with Crippen molar-refractivity contribution in [3.05, 3.63) is 17.5 Å². The number of hydrogen-bond donors (Lipinski definition) is 2. The van der Waals surface area contributed by atoms with Gasteiger partial charge in [0.2, 0.25) is 0 Å². The lowest BCUT2D eigenvalue weighted by Crippen LogP contribution is -2.12. The summed E-state index contributed by atoms with van der Waals surface area (Å²) in [4.78, 5) is 10.7. The van der Waals surface area contributed by atoms with Crippen LogP contribution in [0.5, 0.6) is 0 Å². The number of aromatic carboxylic acids is 1. The van der Waals surface area contributed by atoms with E-state index in [0.29, 0.717) is 12.1 Å². The van der Waals surface area contributed by atoms with E-state index in [4.69, 9.17) is 5.11 Å². The van der Waals surface area contributed by atoms with Crippen LogP contribution in [0.3, 0.4) is 0 Å². The molecule has 0 unspecified atom stereocenters. The molecule has 5 heteroatoms. The number of carboxylic acid groups (broad SMARTS) is 1. The SMILES string of the molecule is CNCc1cnn(C)c1C(=O)O. The minimum Gasteiger partial charge on any atom is -0.477 e. The lowest BCUT2D eigenvalue weighted by atomic mass is 10.2. The number of nitrogens with one attached hydrogen (secondary N) is 1. The molecule has 12 heavy (non-hydrogen) atoms. The Hall–Kier alpha value is -1.36. The van der Waals surface area contributed by atoms with E-state index >= 15 is 0 Å². The van der Waals surface area contributed by atoms with Gasteiger partial charge in [-0.2, -0.15) is 5.10 Å². The van der Waals surface area contributed by atoms with E-state index < -0.39 is 5.97 Å². The van der Waals surface area contributed by atoms with Gasteiger partial charge in [0.15, 0.2) is 0 Å². The molecule has 1 aromatic heterocycles. The lowest BCUT2D eigenvalue weighted by molar-refractivity contribution is 0.0683. The van der Waals surface area contributed by atoms with Crippen LogP contribution in [-0.2, 0) is 13.6 Å². The Morgan fingerprint density at radius 1 is 1.83 bits per heavy atom. The van der Waals surface area contributed by atoms with Crippen LogP contribution in [0.25, 0.3) is 0 Å². The van der Waals surface area contributed by atoms with Gasteiger partial charge < -0.3 is 10.4 Å². The molecule has 0 spiro atoms. The van der Waals surface area contributed by atoms with Crippen molar-refractivity contribution in [3.8, 4) is 0 Å². The van der Waals surface area contributed by atoms with Crippen molar-refractivity contribution in [1.82, 2.24) is 15.1 Å². The average Bonchev–Trinajstić information content (AvgIpc) is 2.32. The number of aryl methyl sites for hydroxylation is 1. The van der Waals surface area contributed by atoms with Crippen molar-refractivity contribution in [2.24, 2.45) is 7.05 Å². The first kappa shape index (κ1) is 8.73. The van der Waals surface area contributed by atoms with Crippen molar-refractivity contribution in [1.29, 1.82) is 0 Å². The summed E-state index contributed by atoms with van der Waals surface area (Å²) in [6.45, 7) is 0.523. The molecule has 0 aliphatic carbocycles. The minimum atomic E-state index is -0.944. The third-order valence-electron chi connectivity index (χ3n) is 1.58. The molecule has 0 radical (unpaired) electrons. The zero-order chi connectivity index (χ0) is 9.14. The molecule has 0 saturated heterocycles. The Morgan fingerprint density at radius 3 is 3.00 bits per heavy atom. The van der Waals surface area contributed by atoms with Crippen LogP contribution in [0.15, 0.2) is 6.20 Å². The fourth-order valence-corrected chi connectivity index (χ4v) is 1.08. The van der Waals surface area contributed by atoms with E-state index in [2.05, 4.69) is 10.4 Å². The molecule has 66 valence electrons. The zero-order valence-electron chi connectivity index (χ0n) is 7.03. The van der Waals surface area contributed by atoms with Crippen LogP contribution in [0.4, 0.5) is 0 Å². The van der Waals surface area contributed by atoms with Crippen molar-refractivity contribution in [2.45, 2.75) is 6.54 Å². The molecule has 1 aromatic rings. The normalized spacial score (nSPS) is 10.2. The summed E-state index contributed by atoms with van der Waals surface area (Å²) in [7, 11) is 3.38. The van der Waals surface area contributed by atoms with Crippen LogP contribution in [-0.4, -0.2) is 27.9 Å². The van der Waals surface area contributed by atoms with E-state index in [9.17, 15) is 4.79 Å². The van der Waals surface area contributed by atoms with Gasteiger partial charge >= 0.3 is 5.97 Å². The summed E-state index contributed by atoms with van der Waals surface area (Å²) < 4.78 is 1.36. The Kier molecular flexibility index (Phi) is 2.44. The molecule has 0 saturated carbocycles. The summed E-state index contributed by atoms with van der Waals surface area (Å²) in [5, 5.41) is 15.5.